The molecule has 0 radical (unpaired) electrons. The van der Waals surface area contributed by atoms with Crippen LogP contribution in [-0.2, 0) is 4.79 Å². The van der Waals surface area contributed by atoms with Gasteiger partial charge >= 0.3 is 0 Å². The monoisotopic (exact) mass is 296 g/mol. The summed E-state index contributed by atoms with van der Waals surface area (Å²) in [6.07, 6.45) is 1.60. The number of aryl methyl sites for hydroxylation is 1. The Bertz CT molecular complexity index is 659. The van der Waals surface area contributed by atoms with Crippen molar-refractivity contribution in [2.75, 3.05) is 24.5 Å². The van der Waals surface area contributed by atoms with Crippen LogP contribution in [-0.4, -0.2) is 40.4 Å². The van der Waals surface area contributed by atoms with Crippen LogP contribution in [0.3, 0.4) is 0 Å². The molecule has 1 aliphatic heterocycles. The lowest BCUT2D eigenvalue weighted by Gasteiger charge is -2.41. The first-order valence-corrected chi connectivity index (χ1v) is 7.51. The molecule has 114 valence electrons. The third kappa shape index (κ3) is 2.93. The van der Waals surface area contributed by atoms with Gasteiger partial charge in [0.25, 0.3) is 0 Å². The highest BCUT2D eigenvalue weighted by molar-refractivity contribution is 5.74. The van der Waals surface area contributed by atoms with Gasteiger partial charge in [0.2, 0.25) is 5.91 Å². The van der Waals surface area contributed by atoms with E-state index in [1.807, 2.05) is 36.1 Å². The van der Waals surface area contributed by atoms with Gasteiger partial charge in [-0.25, -0.2) is 9.97 Å². The lowest BCUT2D eigenvalue weighted by molar-refractivity contribution is -0.131. The van der Waals surface area contributed by atoms with Gasteiger partial charge in [0.15, 0.2) is 0 Å². The minimum absolute atomic E-state index is 0.0581. The summed E-state index contributed by atoms with van der Waals surface area (Å²) >= 11 is 0. The van der Waals surface area contributed by atoms with Crippen molar-refractivity contribution in [2.24, 2.45) is 0 Å². The van der Waals surface area contributed by atoms with Crippen molar-refractivity contribution in [1.82, 2.24) is 14.9 Å². The third-order valence-electron chi connectivity index (χ3n) is 4.08. The highest BCUT2D eigenvalue weighted by Gasteiger charge is 2.30. The molecule has 0 N–H and O–H groups in total. The Morgan fingerprint density at radius 1 is 1.18 bits per heavy atom. The Morgan fingerprint density at radius 3 is 2.64 bits per heavy atom. The molecule has 0 aliphatic carbocycles. The first-order valence-electron chi connectivity index (χ1n) is 7.51. The van der Waals surface area contributed by atoms with E-state index < -0.39 is 0 Å². The second-order valence-corrected chi connectivity index (χ2v) is 5.60. The first-order chi connectivity index (χ1) is 10.6. The number of hydrogen-bond acceptors (Lipinski definition) is 4. The molecule has 1 amide bonds. The number of hydrogen-bond donors (Lipinski definition) is 0. The Morgan fingerprint density at radius 2 is 1.95 bits per heavy atom. The number of rotatable bonds is 2. The van der Waals surface area contributed by atoms with Crippen LogP contribution in [0.2, 0.25) is 0 Å². The number of piperazine rings is 1. The van der Waals surface area contributed by atoms with Gasteiger partial charge in [-0.15, -0.1) is 0 Å². The Balaban J connectivity index is 1.88. The normalized spacial score (nSPS) is 18.4. The predicted molar refractivity (Wildman–Crippen MR) is 85.6 cm³/mol. The summed E-state index contributed by atoms with van der Waals surface area (Å²) in [5, 5.41) is 0. The summed E-state index contributed by atoms with van der Waals surface area (Å²) in [5.74, 6) is 1.05. The second kappa shape index (κ2) is 6.13. The molecule has 1 aliphatic rings. The molecule has 1 unspecified atom stereocenters. The largest absolute Gasteiger partial charge is 0.352 e. The van der Waals surface area contributed by atoms with Crippen LogP contribution in [0.15, 0.2) is 42.7 Å². The summed E-state index contributed by atoms with van der Waals surface area (Å²) in [7, 11) is 0. The van der Waals surface area contributed by atoms with E-state index in [4.69, 9.17) is 0 Å². The number of nitrogens with zero attached hydrogens (tertiary/aromatic N) is 4. The fourth-order valence-corrected chi connectivity index (χ4v) is 2.94. The zero-order valence-electron chi connectivity index (χ0n) is 12.9. The van der Waals surface area contributed by atoms with Crippen molar-refractivity contribution in [3.8, 4) is 0 Å². The summed E-state index contributed by atoms with van der Waals surface area (Å²) in [5.41, 5.74) is 2.11. The number of carbonyl (C=O) groups excluding carboxylic acids is 1. The van der Waals surface area contributed by atoms with Gasteiger partial charge in [-0.3, -0.25) is 4.79 Å². The third-order valence-corrected chi connectivity index (χ3v) is 4.08. The zero-order chi connectivity index (χ0) is 15.5. The minimum atomic E-state index is 0.0581. The quantitative estimate of drug-likeness (QED) is 0.852. The zero-order valence-corrected chi connectivity index (χ0v) is 12.9. The van der Waals surface area contributed by atoms with Crippen LogP contribution < -0.4 is 4.90 Å². The van der Waals surface area contributed by atoms with Crippen LogP contribution in [0.1, 0.15) is 24.2 Å². The van der Waals surface area contributed by atoms with E-state index in [1.165, 1.54) is 0 Å². The van der Waals surface area contributed by atoms with Crippen LogP contribution in [0.25, 0.3) is 0 Å². The van der Waals surface area contributed by atoms with Crippen LogP contribution >= 0.6 is 0 Å². The molecule has 1 atom stereocenters. The lowest BCUT2D eigenvalue weighted by atomic mass is 10.0. The van der Waals surface area contributed by atoms with Crippen LogP contribution in [0.4, 0.5) is 5.82 Å². The molecular weight excluding hydrogens is 276 g/mol. The fraction of sp³-hybridized carbons (Fsp3) is 0.353. The SMILES string of the molecule is CC(=O)N1CCN(c2cc(C)ncn2)CC1c1ccccc1. The molecule has 0 saturated carbocycles. The molecular formula is C17H20N4O. The fourth-order valence-electron chi connectivity index (χ4n) is 2.94. The molecule has 5 nitrogen and oxygen atoms in total. The molecule has 1 aromatic carbocycles. The number of carbonyl (C=O) groups is 1. The molecule has 2 aromatic rings. The van der Waals surface area contributed by atoms with Crippen molar-refractivity contribution in [3.63, 3.8) is 0 Å². The van der Waals surface area contributed by atoms with Crippen LogP contribution in [0, 0.1) is 6.92 Å². The van der Waals surface area contributed by atoms with E-state index >= 15 is 0 Å². The molecule has 1 fully saturated rings. The molecule has 5 heteroatoms. The maximum atomic E-state index is 12.0. The van der Waals surface area contributed by atoms with Gasteiger partial charge in [0.1, 0.15) is 12.1 Å². The average Bonchev–Trinajstić information content (AvgIpc) is 2.55. The molecule has 2 heterocycles. The molecule has 1 saturated heterocycles. The number of benzene rings is 1. The molecule has 3 rings (SSSR count). The van der Waals surface area contributed by atoms with Gasteiger partial charge in [0.05, 0.1) is 6.04 Å². The van der Waals surface area contributed by atoms with Crippen molar-refractivity contribution in [3.05, 3.63) is 54.0 Å². The van der Waals surface area contributed by atoms with E-state index in [0.717, 1.165) is 30.2 Å². The van der Waals surface area contributed by atoms with E-state index in [-0.39, 0.29) is 11.9 Å². The van der Waals surface area contributed by atoms with E-state index in [0.29, 0.717) is 6.54 Å². The second-order valence-electron chi connectivity index (χ2n) is 5.60. The lowest BCUT2D eigenvalue weighted by Crippen LogP contribution is -2.50. The molecule has 0 spiro atoms. The number of anilines is 1. The molecule has 22 heavy (non-hydrogen) atoms. The van der Waals surface area contributed by atoms with E-state index in [2.05, 4.69) is 27.0 Å². The van der Waals surface area contributed by atoms with Crippen molar-refractivity contribution in [1.29, 1.82) is 0 Å². The maximum Gasteiger partial charge on any atom is 0.220 e. The Labute approximate surface area is 130 Å². The highest BCUT2D eigenvalue weighted by atomic mass is 16.2. The summed E-state index contributed by atoms with van der Waals surface area (Å²) < 4.78 is 0. The predicted octanol–water partition coefficient (Wildman–Crippen LogP) is 2.19. The van der Waals surface area contributed by atoms with Gasteiger partial charge in [-0.1, -0.05) is 30.3 Å². The van der Waals surface area contributed by atoms with Gasteiger partial charge in [-0.05, 0) is 12.5 Å². The van der Waals surface area contributed by atoms with Crippen molar-refractivity contribution in [2.45, 2.75) is 19.9 Å². The topological polar surface area (TPSA) is 49.3 Å². The Kier molecular flexibility index (Phi) is 4.04. The van der Waals surface area contributed by atoms with E-state index in [9.17, 15) is 4.79 Å². The Hall–Kier alpha value is -2.43. The smallest absolute Gasteiger partial charge is 0.220 e. The maximum absolute atomic E-state index is 12.0. The van der Waals surface area contributed by atoms with E-state index in [1.54, 1.807) is 13.3 Å². The summed E-state index contributed by atoms with van der Waals surface area (Å²) in [6.45, 7) is 5.85. The van der Waals surface area contributed by atoms with Crippen molar-refractivity contribution >= 4 is 11.7 Å². The standard InChI is InChI=1S/C17H20N4O/c1-13-10-17(19-12-18-13)20-8-9-21(14(2)22)16(11-20)15-6-4-3-5-7-15/h3-7,10,12,16H,8-9,11H2,1-2H3. The molecule has 0 bridgehead atoms. The highest BCUT2D eigenvalue weighted by Crippen LogP contribution is 2.27. The first kappa shape index (κ1) is 14.5. The summed E-state index contributed by atoms with van der Waals surface area (Å²) in [6, 6.07) is 12.2. The van der Waals surface area contributed by atoms with Gasteiger partial charge in [-0.2, -0.15) is 0 Å². The minimum Gasteiger partial charge on any atom is -0.352 e. The average molecular weight is 296 g/mol. The van der Waals surface area contributed by atoms with Crippen molar-refractivity contribution < 1.29 is 4.79 Å². The molecule has 1 aromatic heterocycles. The van der Waals surface area contributed by atoms with Crippen LogP contribution in [0.5, 0.6) is 0 Å². The number of amides is 1. The number of aromatic nitrogens is 2. The van der Waals surface area contributed by atoms with Gasteiger partial charge < -0.3 is 9.80 Å². The van der Waals surface area contributed by atoms with Gasteiger partial charge in [0, 0.05) is 38.3 Å². The summed E-state index contributed by atoms with van der Waals surface area (Å²) in [4.78, 5) is 24.7.